The van der Waals surface area contributed by atoms with Gasteiger partial charge < -0.3 is 32.2 Å². The predicted molar refractivity (Wildman–Crippen MR) is 86.5 cm³/mol. The van der Waals surface area contributed by atoms with E-state index in [0.29, 0.717) is 30.7 Å². The molecule has 1 aliphatic heterocycles. The molecule has 10 nitrogen and oxygen atoms in total. The summed E-state index contributed by atoms with van der Waals surface area (Å²) in [6.45, 7) is 0.960. The van der Waals surface area contributed by atoms with E-state index in [1.54, 1.807) is 4.57 Å². The number of nitrogen functional groups attached to an aromatic ring is 1. The van der Waals surface area contributed by atoms with Gasteiger partial charge in [-0.3, -0.25) is 4.57 Å². The average Bonchev–Trinajstić information content (AvgIpc) is 3.12. The van der Waals surface area contributed by atoms with Crippen LogP contribution < -0.4 is 17.2 Å². The number of nitrogens with zero attached hydrogens (tertiary/aromatic N) is 4. The van der Waals surface area contributed by atoms with Crippen LogP contribution in [0.15, 0.2) is 12.7 Å². The molecule has 2 aromatic rings. The van der Waals surface area contributed by atoms with Gasteiger partial charge in [-0.1, -0.05) is 0 Å². The molecule has 0 spiro atoms. The van der Waals surface area contributed by atoms with Crippen LogP contribution in [0.3, 0.4) is 0 Å². The molecule has 3 rings (SSSR count). The minimum atomic E-state index is -1.11. The van der Waals surface area contributed by atoms with Gasteiger partial charge in [0.2, 0.25) is 0 Å². The summed E-state index contributed by atoms with van der Waals surface area (Å²) in [4.78, 5) is 12.2. The van der Waals surface area contributed by atoms with Crippen molar-refractivity contribution in [1.29, 1.82) is 0 Å². The van der Waals surface area contributed by atoms with Crippen molar-refractivity contribution in [3.63, 3.8) is 0 Å². The van der Waals surface area contributed by atoms with Gasteiger partial charge in [0.25, 0.3) is 0 Å². The van der Waals surface area contributed by atoms with Crippen molar-refractivity contribution in [2.75, 3.05) is 18.8 Å². The lowest BCUT2D eigenvalue weighted by atomic mass is 9.95. The molecule has 8 N–H and O–H groups in total. The first-order chi connectivity index (χ1) is 11.6. The summed E-state index contributed by atoms with van der Waals surface area (Å²) in [5.41, 5.74) is 17.9. The minimum absolute atomic E-state index is 0.123. The summed E-state index contributed by atoms with van der Waals surface area (Å²) in [7, 11) is 0. The van der Waals surface area contributed by atoms with E-state index in [0.717, 1.165) is 6.42 Å². The fourth-order valence-electron chi connectivity index (χ4n) is 3.11. The summed E-state index contributed by atoms with van der Waals surface area (Å²) in [5.74, 6) is 0.368. The second kappa shape index (κ2) is 6.95. The van der Waals surface area contributed by atoms with Crippen molar-refractivity contribution in [2.24, 2.45) is 17.4 Å². The highest BCUT2D eigenvalue weighted by Gasteiger charge is 2.44. The van der Waals surface area contributed by atoms with Crippen LogP contribution in [0.2, 0.25) is 0 Å². The van der Waals surface area contributed by atoms with Crippen LogP contribution in [-0.4, -0.2) is 61.1 Å². The number of fused-ring (bicyclic) bond motifs is 1. The lowest BCUT2D eigenvalue weighted by Crippen LogP contribution is -2.34. The van der Waals surface area contributed by atoms with Crippen LogP contribution >= 0.6 is 0 Å². The number of rotatable bonds is 6. The molecule has 0 amide bonds. The molecule has 0 unspecified atom stereocenters. The Labute approximate surface area is 138 Å². The molecular weight excluding hydrogens is 314 g/mol. The number of ether oxygens (including phenoxy) is 1. The molecule has 24 heavy (non-hydrogen) atoms. The molecule has 5 atom stereocenters. The Morgan fingerprint density at radius 2 is 2.00 bits per heavy atom. The SMILES string of the molecule is NCC[C@H](CN)C[C@H]1O[C@@H](n2cnc3c(N)ncnc32)[C@H](O)[C@@H]1O. The topological polar surface area (TPSA) is 171 Å². The number of aromatic nitrogens is 4. The molecule has 132 valence electrons. The van der Waals surface area contributed by atoms with Gasteiger partial charge in [0.15, 0.2) is 17.7 Å². The lowest BCUT2D eigenvalue weighted by molar-refractivity contribution is -0.0412. The summed E-state index contributed by atoms with van der Waals surface area (Å²) in [6, 6.07) is 0. The lowest BCUT2D eigenvalue weighted by Gasteiger charge is -2.20. The van der Waals surface area contributed by atoms with Crippen LogP contribution in [-0.2, 0) is 4.74 Å². The summed E-state index contributed by atoms with van der Waals surface area (Å²) in [6.07, 6.45) is 0.560. The van der Waals surface area contributed by atoms with Gasteiger partial charge >= 0.3 is 0 Å². The first-order valence-electron chi connectivity index (χ1n) is 7.91. The van der Waals surface area contributed by atoms with Crippen LogP contribution in [0.1, 0.15) is 19.1 Å². The number of nitrogens with two attached hydrogens (primary N) is 3. The molecule has 3 heterocycles. The van der Waals surface area contributed by atoms with Gasteiger partial charge in [0.05, 0.1) is 12.4 Å². The zero-order valence-electron chi connectivity index (χ0n) is 13.2. The molecule has 0 bridgehead atoms. The maximum Gasteiger partial charge on any atom is 0.167 e. The third kappa shape index (κ3) is 2.94. The van der Waals surface area contributed by atoms with Crippen LogP contribution in [0.4, 0.5) is 5.82 Å². The van der Waals surface area contributed by atoms with Crippen molar-refractivity contribution in [3.05, 3.63) is 12.7 Å². The van der Waals surface area contributed by atoms with Crippen LogP contribution in [0.25, 0.3) is 11.2 Å². The average molecular weight is 337 g/mol. The van der Waals surface area contributed by atoms with Gasteiger partial charge in [-0.25, -0.2) is 15.0 Å². The molecule has 0 aliphatic carbocycles. The zero-order chi connectivity index (χ0) is 17.3. The summed E-state index contributed by atoms with van der Waals surface area (Å²) in [5, 5.41) is 20.7. The third-order valence-electron chi connectivity index (χ3n) is 4.47. The number of imidazole rings is 1. The van der Waals surface area contributed by atoms with Crippen molar-refractivity contribution in [3.8, 4) is 0 Å². The molecular formula is C14H23N7O3. The largest absolute Gasteiger partial charge is 0.388 e. The second-order valence-corrected chi connectivity index (χ2v) is 6.04. The Hall–Kier alpha value is -1.85. The van der Waals surface area contributed by atoms with E-state index in [1.807, 2.05) is 0 Å². The number of aliphatic hydroxyl groups excluding tert-OH is 2. The van der Waals surface area contributed by atoms with E-state index in [-0.39, 0.29) is 11.7 Å². The quantitative estimate of drug-likeness (QED) is 0.413. The smallest absolute Gasteiger partial charge is 0.167 e. The standard InChI is InChI=1S/C14H23N7O3/c15-2-1-7(4-16)3-8-10(22)11(23)14(24-8)21-6-20-9-12(17)18-5-19-13(9)21/h5-8,10-11,14,22-23H,1-4,15-16H2,(H2,17,18,19)/t7-,8+,10+,11+,14+/m0/s1. The summed E-state index contributed by atoms with van der Waals surface area (Å²) >= 11 is 0. The fraction of sp³-hybridized carbons (Fsp3) is 0.643. The molecule has 0 saturated carbocycles. The zero-order valence-corrected chi connectivity index (χ0v) is 13.2. The van der Waals surface area contributed by atoms with Crippen LogP contribution in [0.5, 0.6) is 0 Å². The van der Waals surface area contributed by atoms with E-state index >= 15 is 0 Å². The Kier molecular flexibility index (Phi) is 4.92. The van der Waals surface area contributed by atoms with Gasteiger partial charge in [-0.05, 0) is 31.8 Å². The first-order valence-corrected chi connectivity index (χ1v) is 7.91. The summed E-state index contributed by atoms with van der Waals surface area (Å²) < 4.78 is 7.44. The van der Waals surface area contributed by atoms with E-state index in [1.165, 1.54) is 12.7 Å². The maximum atomic E-state index is 10.4. The molecule has 2 aromatic heterocycles. The van der Waals surface area contributed by atoms with Crippen molar-refractivity contribution in [2.45, 2.75) is 37.4 Å². The third-order valence-corrected chi connectivity index (χ3v) is 4.47. The Balaban J connectivity index is 1.83. The molecule has 1 fully saturated rings. The Morgan fingerprint density at radius 3 is 2.71 bits per heavy atom. The number of hydrogen-bond donors (Lipinski definition) is 5. The normalized spacial score (nSPS) is 28.5. The van der Waals surface area contributed by atoms with E-state index in [2.05, 4.69) is 15.0 Å². The van der Waals surface area contributed by atoms with Gasteiger partial charge in [-0.2, -0.15) is 0 Å². The Bertz CT molecular complexity index is 694. The van der Waals surface area contributed by atoms with Gasteiger partial charge in [-0.15, -0.1) is 0 Å². The van der Waals surface area contributed by atoms with Crippen molar-refractivity contribution in [1.82, 2.24) is 19.5 Å². The first kappa shape index (κ1) is 17.0. The predicted octanol–water partition coefficient (Wildman–Crippen LogP) is -1.66. The molecule has 10 heteroatoms. The highest BCUT2D eigenvalue weighted by atomic mass is 16.6. The Morgan fingerprint density at radius 1 is 1.21 bits per heavy atom. The molecule has 1 aliphatic rings. The van der Waals surface area contributed by atoms with Crippen molar-refractivity contribution >= 4 is 17.0 Å². The highest BCUT2D eigenvalue weighted by molar-refractivity contribution is 5.81. The monoisotopic (exact) mass is 337 g/mol. The maximum absolute atomic E-state index is 10.4. The number of aliphatic hydroxyl groups is 2. The van der Waals surface area contributed by atoms with Gasteiger partial charge in [0, 0.05) is 0 Å². The number of anilines is 1. The van der Waals surface area contributed by atoms with E-state index in [4.69, 9.17) is 21.9 Å². The molecule has 0 aromatic carbocycles. The van der Waals surface area contributed by atoms with E-state index < -0.39 is 24.5 Å². The number of hydrogen-bond acceptors (Lipinski definition) is 9. The fourth-order valence-corrected chi connectivity index (χ4v) is 3.11. The van der Waals surface area contributed by atoms with Crippen molar-refractivity contribution < 1.29 is 14.9 Å². The van der Waals surface area contributed by atoms with Crippen LogP contribution in [0, 0.1) is 5.92 Å². The minimum Gasteiger partial charge on any atom is -0.388 e. The van der Waals surface area contributed by atoms with Gasteiger partial charge in [0.1, 0.15) is 24.1 Å². The molecule has 0 radical (unpaired) electrons. The molecule has 1 saturated heterocycles. The van der Waals surface area contributed by atoms with E-state index in [9.17, 15) is 10.2 Å². The second-order valence-electron chi connectivity index (χ2n) is 6.04. The highest BCUT2D eigenvalue weighted by Crippen LogP contribution is 2.34.